The second-order valence-corrected chi connectivity index (χ2v) is 5.36. The van der Waals surface area contributed by atoms with Crippen molar-refractivity contribution in [2.75, 3.05) is 13.1 Å². The molecule has 1 aliphatic rings. The highest BCUT2D eigenvalue weighted by Gasteiger charge is 2.18. The summed E-state index contributed by atoms with van der Waals surface area (Å²) in [5, 5.41) is 0. The first-order chi connectivity index (χ1) is 7.88. The van der Waals surface area contributed by atoms with Crippen molar-refractivity contribution < 1.29 is 0 Å². The molecule has 0 N–H and O–H groups in total. The average Bonchev–Trinajstić information content (AvgIpc) is 2.35. The van der Waals surface area contributed by atoms with Crippen LogP contribution in [0.15, 0.2) is 0 Å². The van der Waals surface area contributed by atoms with Gasteiger partial charge < -0.3 is 4.90 Å². The zero-order valence-electron chi connectivity index (χ0n) is 11.5. The molecule has 1 nitrogen and oxygen atoms in total. The van der Waals surface area contributed by atoms with Crippen LogP contribution in [0, 0.1) is 0 Å². The monoisotopic (exact) mass is 225 g/mol. The summed E-state index contributed by atoms with van der Waals surface area (Å²) < 4.78 is 0. The number of piperidine rings is 1. The van der Waals surface area contributed by atoms with Crippen molar-refractivity contribution in [3.63, 3.8) is 0 Å². The van der Waals surface area contributed by atoms with Crippen molar-refractivity contribution in [3.05, 3.63) is 0 Å². The highest BCUT2D eigenvalue weighted by Crippen LogP contribution is 2.19. The minimum absolute atomic E-state index is 0.891. The minimum Gasteiger partial charge on any atom is -0.300 e. The highest BCUT2D eigenvalue weighted by atomic mass is 15.2. The van der Waals surface area contributed by atoms with Crippen LogP contribution in [0.5, 0.6) is 0 Å². The maximum Gasteiger partial charge on any atom is 0.00926 e. The summed E-state index contributed by atoms with van der Waals surface area (Å²) in [4.78, 5) is 2.75. The summed E-state index contributed by atoms with van der Waals surface area (Å²) in [6.45, 7) is 7.40. The Morgan fingerprint density at radius 1 is 0.875 bits per heavy atom. The maximum atomic E-state index is 2.75. The van der Waals surface area contributed by atoms with Gasteiger partial charge in [0.2, 0.25) is 0 Å². The Labute approximate surface area is 103 Å². The van der Waals surface area contributed by atoms with Gasteiger partial charge in [0, 0.05) is 6.04 Å². The Hall–Kier alpha value is -0.0400. The molecule has 1 rings (SSSR count). The summed E-state index contributed by atoms with van der Waals surface area (Å²) in [5.41, 5.74) is 0. The molecule has 0 aromatic heterocycles. The number of likely N-dealkylation sites (tertiary alicyclic amines) is 1. The third-order valence-corrected chi connectivity index (χ3v) is 4.02. The largest absolute Gasteiger partial charge is 0.300 e. The molecule has 0 bridgehead atoms. The zero-order valence-corrected chi connectivity index (χ0v) is 11.5. The van der Waals surface area contributed by atoms with Crippen molar-refractivity contribution in [1.29, 1.82) is 0 Å². The van der Waals surface area contributed by atoms with Crippen LogP contribution in [0.4, 0.5) is 0 Å². The number of unbranched alkanes of at least 4 members (excludes halogenated alkanes) is 4. The van der Waals surface area contributed by atoms with E-state index in [0.29, 0.717) is 0 Å². The fraction of sp³-hybridized carbons (Fsp3) is 1.00. The first-order valence-electron chi connectivity index (χ1n) is 7.62. The average molecular weight is 225 g/mol. The lowest BCUT2D eigenvalue weighted by molar-refractivity contribution is 0.148. The molecule has 96 valence electrons. The van der Waals surface area contributed by atoms with Gasteiger partial charge in [-0.25, -0.2) is 0 Å². The maximum absolute atomic E-state index is 2.75. The van der Waals surface area contributed by atoms with Gasteiger partial charge in [-0.05, 0) is 38.8 Å². The fourth-order valence-corrected chi connectivity index (χ4v) is 2.91. The Bertz CT molecular complexity index is 150. The quantitative estimate of drug-likeness (QED) is 0.545. The van der Waals surface area contributed by atoms with E-state index in [-0.39, 0.29) is 0 Å². The van der Waals surface area contributed by atoms with Crippen molar-refractivity contribution >= 4 is 0 Å². The van der Waals surface area contributed by atoms with Gasteiger partial charge in [0.05, 0.1) is 0 Å². The molecule has 0 aromatic carbocycles. The van der Waals surface area contributed by atoms with Gasteiger partial charge in [0.1, 0.15) is 0 Å². The predicted molar refractivity (Wildman–Crippen MR) is 72.9 cm³/mol. The number of hydrogen-bond donors (Lipinski definition) is 0. The van der Waals surface area contributed by atoms with E-state index < -0.39 is 0 Å². The molecule has 0 aromatic rings. The van der Waals surface area contributed by atoms with Crippen molar-refractivity contribution in [1.82, 2.24) is 4.90 Å². The molecule has 0 radical (unpaired) electrons. The first-order valence-corrected chi connectivity index (χ1v) is 7.62. The molecule has 0 amide bonds. The number of hydrogen-bond acceptors (Lipinski definition) is 1. The van der Waals surface area contributed by atoms with E-state index in [0.717, 1.165) is 6.04 Å². The standard InChI is InChI=1S/C15H31N/c1-3-5-6-7-9-12-15(4-2)16-13-10-8-11-14-16/h15H,3-14H2,1-2H3. The van der Waals surface area contributed by atoms with Crippen LogP contribution < -0.4 is 0 Å². The molecule has 16 heavy (non-hydrogen) atoms. The van der Waals surface area contributed by atoms with E-state index >= 15 is 0 Å². The van der Waals surface area contributed by atoms with Crippen LogP contribution in [-0.2, 0) is 0 Å². The normalized spacial score (nSPS) is 19.9. The van der Waals surface area contributed by atoms with Gasteiger partial charge in [-0.1, -0.05) is 52.4 Å². The Kier molecular flexibility index (Phi) is 7.92. The Morgan fingerprint density at radius 2 is 1.56 bits per heavy atom. The second-order valence-electron chi connectivity index (χ2n) is 5.36. The topological polar surface area (TPSA) is 3.24 Å². The van der Waals surface area contributed by atoms with Crippen molar-refractivity contribution in [3.8, 4) is 0 Å². The third-order valence-electron chi connectivity index (χ3n) is 4.02. The third kappa shape index (κ3) is 5.34. The van der Waals surface area contributed by atoms with Crippen LogP contribution in [-0.4, -0.2) is 24.0 Å². The van der Waals surface area contributed by atoms with Gasteiger partial charge in [-0.3, -0.25) is 0 Å². The molecule has 1 aliphatic heterocycles. The Balaban J connectivity index is 2.10. The smallest absolute Gasteiger partial charge is 0.00926 e. The lowest BCUT2D eigenvalue weighted by Gasteiger charge is -2.34. The van der Waals surface area contributed by atoms with Gasteiger partial charge >= 0.3 is 0 Å². The molecule has 0 aliphatic carbocycles. The predicted octanol–water partition coefficient (Wildman–Crippen LogP) is 4.61. The summed E-state index contributed by atoms with van der Waals surface area (Å²) in [6, 6.07) is 0.891. The van der Waals surface area contributed by atoms with Crippen LogP contribution >= 0.6 is 0 Å². The van der Waals surface area contributed by atoms with E-state index in [4.69, 9.17) is 0 Å². The van der Waals surface area contributed by atoms with Gasteiger partial charge in [-0.15, -0.1) is 0 Å². The molecular weight excluding hydrogens is 194 g/mol. The molecule has 1 heterocycles. The van der Waals surface area contributed by atoms with Crippen LogP contribution in [0.1, 0.15) is 78.1 Å². The van der Waals surface area contributed by atoms with E-state index in [1.54, 1.807) is 0 Å². The van der Waals surface area contributed by atoms with Crippen LogP contribution in [0.25, 0.3) is 0 Å². The van der Waals surface area contributed by atoms with Crippen LogP contribution in [0.2, 0.25) is 0 Å². The van der Waals surface area contributed by atoms with Gasteiger partial charge in [-0.2, -0.15) is 0 Å². The van der Waals surface area contributed by atoms with Crippen molar-refractivity contribution in [2.45, 2.75) is 84.1 Å². The SMILES string of the molecule is CCCCCCCC(CC)N1CCCCC1. The minimum atomic E-state index is 0.891. The lowest BCUT2D eigenvalue weighted by Crippen LogP contribution is -2.38. The van der Waals surface area contributed by atoms with E-state index in [1.807, 2.05) is 0 Å². The Morgan fingerprint density at radius 3 is 2.19 bits per heavy atom. The highest BCUT2D eigenvalue weighted by molar-refractivity contribution is 4.73. The number of rotatable bonds is 8. The van der Waals surface area contributed by atoms with Crippen LogP contribution in [0.3, 0.4) is 0 Å². The molecule has 1 unspecified atom stereocenters. The van der Waals surface area contributed by atoms with Gasteiger partial charge in [0.25, 0.3) is 0 Å². The van der Waals surface area contributed by atoms with E-state index in [2.05, 4.69) is 18.7 Å². The van der Waals surface area contributed by atoms with Crippen molar-refractivity contribution in [2.24, 2.45) is 0 Å². The summed E-state index contributed by atoms with van der Waals surface area (Å²) in [5.74, 6) is 0. The summed E-state index contributed by atoms with van der Waals surface area (Å²) in [7, 11) is 0. The molecule has 0 spiro atoms. The lowest BCUT2D eigenvalue weighted by atomic mass is 10.0. The molecule has 0 saturated carbocycles. The molecule has 1 saturated heterocycles. The van der Waals surface area contributed by atoms with E-state index in [9.17, 15) is 0 Å². The molecule has 1 fully saturated rings. The molecular formula is C15H31N. The number of nitrogens with zero attached hydrogens (tertiary/aromatic N) is 1. The first kappa shape index (κ1) is 14.0. The zero-order chi connectivity index (χ0) is 11.6. The second kappa shape index (κ2) is 9.04. The molecule has 1 atom stereocenters. The summed E-state index contributed by atoms with van der Waals surface area (Å²) >= 11 is 0. The van der Waals surface area contributed by atoms with E-state index in [1.165, 1.54) is 77.3 Å². The molecule has 1 heteroatoms. The fourth-order valence-electron chi connectivity index (χ4n) is 2.91. The summed E-state index contributed by atoms with van der Waals surface area (Å²) in [6.07, 6.45) is 14.3. The van der Waals surface area contributed by atoms with Gasteiger partial charge in [0.15, 0.2) is 0 Å².